The number of nitrogens with one attached hydrogen (secondary N) is 1. The summed E-state index contributed by atoms with van der Waals surface area (Å²) < 4.78 is 0. The van der Waals surface area contributed by atoms with Crippen LogP contribution in [-0.2, 0) is 9.59 Å². The number of carbonyl (C=O) groups is 2. The van der Waals surface area contributed by atoms with Gasteiger partial charge in [0, 0.05) is 12.5 Å². The van der Waals surface area contributed by atoms with Gasteiger partial charge in [-0.25, -0.2) is 0 Å². The van der Waals surface area contributed by atoms with E-state index in [0.717, 1.165) is 57.1 Å². The third-order valence-electron chi connectivity index (χ3n) is 5.60. The van der Waals surface area contributed by atoms with Crippen LogP contribution in [0.15, 0.2) is 30.3 Å². The molecule has 0 aromatic heterocycles. The summed E-state index contributed by atoms with van der Waals surface area (Å²) in [6.07, 6.45) is 6.61. The Labute approximate surface area is 149 Å². The van der Waals surface area contributed by atoms with E-state index in [1.54, 1.807) is 0 Å². The predicted molar refractivity (Wildman–Crippen MR) is 96.1 cm³/mol. The molecule has 2 fully saturated rings. The van der Waals surface area contributed by atoms with Crippen LogP contribution >= 0.6 is 0 Å². The maximum Gasteiger partial charge on any atom is 0.320 e. The molecular formula is C20H28N2O3. The molecule has 1 unspecified atom stereocenters. The summed E-state index contributed by atoms with van der Waals surface area (Å²) in [5.74, 6) is -0.420. The molecule has 1 saturated heterocycles. The van der Waals surface area contributed by atoms with Crippen LogP contribution in [0.5, 0.6) is 0 Å². The number of nitrogens with zero attached hydrogens (tertiary/aromatic N) is 1. The average molecular weight is 344 g/mol. The van der Waals surface area contributed by atoms with E-state index in [-0.39, 0.29) is 23.9 Å². The van der Waals surface area contributed by atoms with E-state index in [0.29, 0.717) is 6.54 Å². The zero-order valence-electron chi connectivity index (χ0n) is 14.7. The molecule has 25 heavy (non-hydrogen) atoms. The summed E-state index contributed by atoms with van der Waals surface area (Å²) >= 11 is 0. The van der Waals surface area contributed by atoms with E-state index < -0.39 is 5.97 Å². The van der Waals surface area contributed by atoms with Crippen molar-refractivity contribution in [3.05, 3.63) is 35.9 Å². The minimum absolute atomic E-state index is 0.0503. The largest absolute Gasteiger partial charge is 0.480 e. The molecule has 5 nitrogen and oxygen atoms in total. The van der Waals surface area contributed by atoms with Crippen LogP contribution in [0.4, 0.5) is 0 Å². The van der Waals surface area contributed by atoms with Gasteiger partial charge >= 0.3 is 5.97 Å². The number of carboxylic acids is 1. The average Bonchev–Trinajstić information content (AvgIpc) is 2.58. The Balaban J connectivity index is 1.64. The standard InChI is InChI=1S/C20H28N2O3/c23-19(16-9-6-10-16)21-17(15-7-2-1-3-8-15)12-14-22-13-5-4-11-18(22)20(24)25/h1-3,7-8,16-18H,4-6,9-14H2,(H,21,23)(H,24,25)/t17-,18?/m0/s1. The summed E-state index contributed by atoms with van der Waals surface area (Å²) in [7, 11) is 0. The first-order valence-electron chi connectivity index (χ1n) is 9.47. The van der Waals surface area contributed by atoms with E-state index in [1.807, 2.05) is 30.3 Å². The van der Waals surface area contributed by atoms with Crippen molar-refractivity contribution in [3.63, 3.8) is 0 Å². The van der Waals surface area contributed by atoms with Crippen molar-refractivity contribution in [2.45, 2.75) is 57.0 Å². The predicted octanol–water partition coefficient (Wildman–Crippen LogP) is 2.97. The molecule has 3 rings (SSSR count). The van der Waals surface area contributed by atoms with E-state index in [4.69, 9.17) is 0 Å². The minimum atomic E-state index is -0.727. The Morgan fingerprint density at radius 3 is 2.52 bits per heavy atom. The number of rotatable bonds is 7. The zero-order chi connectivity index (χ0) is 17.6. The molecule has 1 saturated carbocycles. The molecule has 1 amide bonds. The number of hydrogen-bond donors (Lipinski definition) is 2. The normalized spacial score (nSPS) is 22.8. The number of hydrogen-bond acceptors (Lipinski definition) is 3. The van der Waals surface area contributed by atoms with Crippen molar-refractivity contribution in [2.75, 3.05) is 13.1 Å². The lowest BCUT2D eigenvalue weighted by molar-refractivity contribution is -0.144. The van der Waals surface area contributed by atoms with Crippen molar-refractivity contribution >= 4 is 11.9 Å². The summed E-state index contributed by atoms with van der Waals surface area (Å²) in [5, 5.41) is 12.6. The Morgan fingerprint density at radius 2 is 1.88 bits per heavy atom. The first-order valence-corrected chi connectivity index (χ1v) is 9.47. The number of amides is 1. The fraction of sp³-hybridized carbons (Fsp3) is 0.600. The van der Waals surface area contributed by atoms with Gasteiger partial charge in [0.25, 0.3) is 0 Å². The third-order valence-corrected chi connectivity index (χ3v) is 5.60. The van der Waals surface area contributed by atoms with E-state index in [2.05, 4.69) is 10.2 Å². The molecule has 0 bridgehead atoms. The highest BCUT2D eigenvalue weighted by Gasteiger charge is 2.30. The smallest absolute Gasteiger partial charge is 0.320 e. The van der Waals surface area contributed by atoms with Crippen molar-refractivity contribution < 1.29 is 14.7 Å². The fourth-order valence-corrected chi connectivity index (χ4v) is 3.80. The molecule has 1 heterocycles. The molecule has 1 aromatic rings. The highest BCUT2D eigenvalue weighted by Crippen LogP contribution is 2.28. The van der Waals surface area contributed by atoms with Gasteiger partial charge in [-0.05, 0) is 44.2 Å². The van der Waals surface area contributed by atoms with Gasteiger partial charge in [-0.15, -0.1) is 0 Å². The lowest BCUT2D eigenvalue weighted by atomic mass is 9.84. The molecule has 1 aliphatic heterocycles. The maximum absolute atomic E-state index is 12.4. The van der Waals surface area contributed by atoms with Crippen LogP contribution < -0.4 is 5.32 Å². The Morgan fingerprint density at radius 1 is 1.12 bits per heavy atom. The first kappa shape index (κ1) is 17.9. The van der Waals surface area contributed by atoms with Gasteiger partial charge in [0.1, 0.15) is 6.04 Å². The number of carbonyl (C=O) groups excluding carboxylic acids is 1. The molecule has 2 aliphatic rings. The summed E-state index contributed by atoms with van der Waals surface area (Å²) in [5.41, 5.74) is 1.10. The Kier molecular flexibility index (Phi) is 6.08. The second kappa shape index (κ2) is 8.48. The SMILES string of the molecule is O=C(N[C@@H](CCN1CCCCC1C(=O)O)c1ccccc1)C1CCC1. The van der Waals surface area contributed by atoms with E-state index >= 15 is 0 Å². The van der Waals surface area contributed by atoms with Gasteiger partial charge < -0.3 is 10.4 Å². The topological polar surface area (TPSA) is 69.6 Å². The lowest BCUT2D eigenvalue weighted by Crippen LogP contribution is -2.46. The molecule has 5 heteroatoms. The maximum atomic E-state index is 12.4. The van der Waals surface area contributed by atoms with Gasteiger partial charge in [-0.2, -0.15) is 0 Å². The molecule has 136 valence electrons. The molecule has 0 radical (unpaired) electrons. The van der Waals surface area contributed by atoms with Crippen LogP contribution in [0.2, 0.25) is 0 Å². The van der Waals surface area contributed by atoms with Crippen molar-refractivity contribution in [3.8, 4) is 0 Å². The molecule has 1 aliphatic carbocycles. The molecule has 2 atom stereocenters. The highest BCUT2D eigenvalue weighted by atomic mass is 16.4. The summed E-state index contributed by atoms with van der Waals surface area (Å²) in [4.78, 5) is 26.0. The van der Waals surface area contributed by atoms with Gasteiger partial charge in [0.2, 0.25) is 5.91 Å². The second-order valence-corrected chi connectivity index (χ2v) is 7.27. The van der Waals surface area contributed by atoms with Crippen molar-refractivity contribution in [2.24, 2.45) is 5.92 Å². The van der Waals surface area contributed by atoms with Crippen LogP contribution in [0.25, 0.3) is 0 Å². The molecule has 1 aromatic carbocycles. The van der Waals surface area contributed by atoms with E-state index in [9.17, 15) is 14.7 Å². The van der Waals surface area contributed by atoms with Gasteiger partial charge in [0.15, 0.2) is 0 Å². The monoisotopic (exact) mass is 344 g/mol. The number of carboxylic acid groups (broad SMARTS) is 1. The molecule has 0 spiro atoms. The highest BCUT2D eigenvalue weighted by molar-refractivity contribution is 5.79. The number of aliphatic carboxylic acids is 1. The zero-order valence-corrected chi connectivity index (χ0v) is 14.7. The quantitative estimate of drug-likeness (QED) is 0.798. The van der Waals surface area contributed by atoms with Crippen LogP contribution in [0, 0.1) is 5.92 Å². The van der Waals surface area contributed by atoms with E-state index in [1.165, 1.54) is 0 Å². The van der Waals surface area contributed by atoms with Crippen molar-refractivity contribution in [1.82, 2.24) is 10.2 Å². The summed E-state index contributed by atoms with van der Waals surface area (Å²) in [6, 6.07) is 9.59. The number of benzene rings is 1. The summed E-state index contributed by atoms with van der Waals surface area (Å²) in [6.45, 7) is 1.52. The van der Waals surface area contributed by atoms with Gasteiger partial charge in [0.05, 0.1) is 6.04 Å². The minimum Gasteiger partial charge on any atom is -0.480 e. The fourth-order valence-electron chi connectivity index (χ4n) is 3.80. The third kappa shape index (κ3) is 4.60. The Bertz CT molecular complexity index is 586. The second-order valence-electron chi connectivity index (χ2n) is 7.27. The van der Waals surface area contributed by atoms with Crippen LogP contribution in [-0.4, -0.2) is 41.0 Å². The lowest BCUT2D eigenvalue weighted by Gasteiger charge is -2.34. The number of likely N-dealkylation sites (tertiary alicyclic amines) is 1. The molecular weight excluding hydrogens is 316 g/mol. The van der Waals surface area contributed by atoms with Crippen molar-refractivity contribution in [1.29, 1.82) is 0 Å². The number of piperidine rings is 1. The van der Waals surface area contributed by atoms with Crippen LogP contribution in [0.3, 0.4) is 0 Å². The molecule has 2 N–H and O–H groups in total. The first-order chi connectivity index (χ1) is 12.1. The Hall–Kier alpha value is -1.88. The van der Waals surface area contributed by atoms with Crippen LogP contribution in [0.1, 0.15) is 56.6 Å². The van der Waals surface area contributed by atoms with Gasteiger partial charge in [-0.1, -0.05) is 43.2 Å². The van der Waals surface area contributed by atoms with Gasteiger partial charge in [-0.3, -0.25) is 14.5 Å².